The normalized spacial score (nSPS) is 20.1. The number of aliphatic hydroxyl groups excluding tert-OH is 1. The summed E-state index contributed by atoms with van der Waals surface area (Å²) >= 11 is 1.59. The molecule has 5 rings (SSSR count). The summed E-state index contributed by atoms with van der Waals surface area (Å²) in [7, 11) is 0. The SMILES string of the molecule is OC1CCCCC1Nc1nc2ccc(Cn3cnc4cccc(F)c43)cc2s1. The van der Waals surface area contributed by atoms with Crippen molar-refractivity contribution in [3.63, 3.8) is 0 Å². The summed E-state index contributed by atoms with van der Waals surface area (Å²) in [6.07, 6.45) is 5.43. The molecule has 0 saturated heterocycles. The van der Waals surface area contributed by atoms with Gasteiger partial charge in [-0.1, -0.05) is 36.3 Å². The molecule has 0 radical (unpaired) electrons. The number of benzene rings is 2. The summed E-state index contributed by atoms with van der Waals surface area (Å²) in [4.78, 5) is 8.95. The van der Waals surface area contributed by atoms with Gasteiger partial charge in [-0.2, -0.15) is 0 Å². The van der Waals surface area contributed by atoms with Gasteiger partial charge >= 0.3 is 0 Å². The molecule has 5 nitrogen and oxygen atoms in total. The molecule has 2 atom stereocenters. The average Bonchev–Trinajstić information content (AvgIpc) is 3.28. The van der Waals surface area contributed by atoms with Crippen molar-refractivity contribution in [3.05, 3.63) is 54.1 Å². The summed E-state index contributed by atoms with van der Waals surface area (Å²) in [5.74, 6) is -0.258. The Kier molecular flexibility index (Phi) is 4.49. The second-order valence-corrected chi connectivity index (χ2v) is 8.43. The number of para-hydroxylation sites is 1. The highest BCUT2D eigenvalue weighted by atomic mass is 32.1. The number of aliphatic hydroxyl groups is 1. The van der Waals surface area contributed by atoms with Crippen LogP contribution in [0.15, 0.2) is 42.7 Å². The number of rotatable bonds is 4. The summed E-state index contributed by atoms with van der Waals surface area (Å²) in [5, 5.41) is 14.4. The van der Waals surface area contributed by atoms with E-state index in [1.165, 1.54) is 6.07 Å². The van der Waals surface area contributed by atoms with Gasteiger partial charge in [0.15, 0.2) is 5.13 Å². The first-order valence-electron chi connectivity index (χ1n) is 9.61. The van der Waals surface area contributed by atoms with Crippen LogP contribution in [-0.4, -0.2) is 31.8 Å². The predicted molar refractivity (Wildman–Crippen MR) is 110 cm³/mol. The molecule has 2 heterocycles. The molecule has 0 amide bonds. The number of fused-ring (bicyclic) bond motifs is 2. The van der Waals surface area contributed by atoms with E-state index in [1.54, 1.807) is 23.7 Å². The van der Waals surface area contributed by atoms with Crippen LogP contribution in [0, 0.1) is 5.82 Å². The quantitative estimate of drug-likeness (QED) is 0.531. The molecule has 2 N–H and O–H groups in total. The molecule has 2 aromatic heterocycles. The number of anilines is 1. The Morgan fingerprint density at radius 2 is 2.07 bits per heavy atom. The summed E-state index contributed by atoms with van der Waals surface area (Å²) < 4.78 is 17.1. The van der Waals surface area contributed by atoms with Gasteiger partial charge in [-0.25, -0.2) is 14.4 Å². The highest BCUT2D eigenvalue weighted by Gasteiger charge is 2.23. The minimum absolute atomic E-state index is 0.0778. The van der Waals surface area contributed by atoms with Crippen LogP contribution in [0.3, 0.4) is 0 Å². The van der Waals surface area contributed by atoms with Crippen LogP contribution in [0.1, 0.15) is 31.2 Å². The van der Waals surface area contributed by atoms with Crippen molar-refractivity contribution in [1.29, 1.82) is 0 Å². The molecule has 7 heteroatoms. The van der Waals surface area contributed by atoms with Crippen molar-refractivity contribution < 1.29 is 9.50 Å². The maximum atomic E-state index is 14.2. The summed E-state index contributed by atoms with van der Waals surface area (Å²) in [5.41, 5.74) is 3.20. The first-order valence-corrected chi connectivity index (χ1v) is 10.4. The molecule has 2 unspecified atom stereocenters. The number of nitrogens with zero attached hydrogens (tertiary/aromatic N) is 3. The molecule has 1 saturated carbocycles. The number of nitrogens with one attached hydrogen (secondary N) is 1. The van der Waals surface area contributed by atoms with Crippen molar-refractivity contribution in [1.82, 2.24) is 14.5 Å². The first kappa shape index (κ1) is 17.6. The van der Waals surface area contributed by atoms with Crippen LogP contribution in [0.25, 0.3) is 21.3 Å². The van der Waals surface area contributed by atoms with E-state index in [-0.39, 0.29) is 18.0 Å². The van der Waals surface area contributed by atoms with E-state index in [2.05, 4.69) is 21.4 Å². The van der Waals surface area contributed by atoms with E-state index in [9.17, 15) is 9.50 Å². The Balaban J connectivity index is 1.40. The van der Waals surface area contributed by atoms with Crippen molar-refractivity contribution in [2.24, 2.45) is 0 Å². The van der Waals surface area contributed by atoms with Gasteiger partial charge in [0.05, 0.1) is 34.2 Å². The lowest BCUT2D eigenvalue weighted by Crippen LogP contribution is -2.36. The maximum absolute atomic E-state index is 14.2. The molecule has 0 aliphatic heterocycles. The molecule has 4 aromatic rings. The van der Waals surface area contributed by atoms with Crippen LogP contribution in [0.2, 0.25) is 0 Å². The number of thiazole rings is 1. The minimum Gasteiger partial charge on any atom is -0.391 e. The lowest BCUT2D eigenvalue weighted by Gasteiger charge is -2.27. The van der Waals surface area contributed by atoms with Gasteiger partial charge in [0.25, 0.3) is 0 Å². The predicted octanol–water partition coefficient (Wildman–Crippen LogP) is 4.55. The molecule has 144 valence electrons. The topological polar surface area (TPSA) is 63.0 Å². The lowest BCUT2D eigenvalue weighted by molar-refractivity contribution is 0.116. The second kappa shape index (κ2) is 7.14. The Labute approximate surface area is 165 Å². The van der Waals surface area contributed by atoms with Crippen molar-refractivity contribution in [3.8, 4) is 0 Å². The molecule has 0 bridgehead atoms. The highest BCUT2D eigenvalue weighted by Crippen LogP contribution is 2.30. The number of aromatic nitrogens is 3. The van der Waals surface area contributed by atoms with E-state index < -0.39 is 0 Å². The Morgan fingerprint density at radius 3 is 2.96 bits per heavy atom. The monoisotopic (exact) mass is 396 g/mol. The molecule has 1 fully saturated rings. The van der Waals surface area contributed by atoms with Gasteiger partial charge in [0.1, 0.15) is 11.3 Å². The number of imidazole rings is 1. The Bertz CT molecular complexity index is 1140. The van der Waals surface area contributed by atoms with Gasteiger partial charge in [-0.3, -0.25) is 0 Å². The van der Waals surface area contributed by atoms with Gasteiger partial charge in [-0.15, -0.1) is 0 Å². The summed E-state index contributed by atoms with van der Waals surface area (Å²) in [6, 6.07) is 11.2. The standard InChI is InChI=1S/C21H21FN4OS/c22-14-4-3-6-17-20(14)26(12-23-17)11-13-8-9-16-19(10-13)28-21(25-16)24-15-5-1-2-7-18(15)27/h3-4,6,8-10,12,15,18,27H,1-2,5,7,11H2,(H,24,25). The van der Waals surface area contributed by atoms with Gasteiger partial charge in [-0.05, 0) is 42.7 Å². The third kappa shape index (κ3) is 3.25. The van der Waals surface area contributed by atoms with Gasteiger partial charge < -0.3 is 15.0 Å². The van der Waals surface area contributed by atoms with Gasteiger partial charge in [0.2, 0.25) is 0 Å². The van der Waals surface area contributed by atoms with Crippen LogP contribution in [-0.2, 0) is 6.54 Å². The smallest absolute Gasteiger partial charge is 0.184 e. The van der Waals surface area contributed by atoms with Crippen molar-refractivity contribution in [2.45, 2.75) is 44.4 Å². The van der Waals surface area contributed by atoms with E-state index in [4.69, 9.17) is 0 Å². The molecule has 1 aliphatic rings. The van der Waals surface area contributed by atoms with E-state index in [0.29, 0.717) is 17.6 Å². The highest BCUT2D eigenvalue weighted by molar-refractivity contribution is 7.22. The average molecular weight is 396 g/mol. The number of hydrogen-bond donors (Lipinski definition) is 2. The zero-order valence-corrected chi connectivity index (χ0v) is 16.1. The van der Waals surface area contributed by atoms with Gasteiger partial charge in [0, 0.05) is 6.54 Å². The third-order valence-corrected chi connectivity index (χ3v) is 6.38. The maximum Gasteiger partial charge on any atom is 0.184 e. The molecular weight excluding hydrogens is 375 g/mol. The molecule has 28 heavy (non-hydrogen) atoms. The second-order valence-electron chi connectivity index (χ2n) is 7.40. The largest absolute Gasteiger partial charge is 0.391 e. The third-order valence-electron chi connectivity index (χ3n) is 5.43. The fourth-order valence-corrected chi connectivity index (χ4v) is 4.96. The van der Waals surface area contributed by atoms with E-state index >= 15 is 0 Å². The fourth-order valence-electron chi connectivity index (χ4n) is 3.97. The molecular formula is C21H21FN4OS. The zero-order chi connectivity index (χ0) is 19.1. The number of halogens is 1. The first-order chi connectivity index (χ1) is 13.7. The lowest BCUT2D eigenvalue weighted by atomic mass is 9.93. The fraction of sp³-hybridized carbons (Fsp3) is 0.333. The Morgan fingerprint density at radius 1 is 1.18 bits per heavy atom. The zero-order valence-electron chi connectivity index (χ0n) is 15.3. The number of hydrogen-bond acceptors (Lipinski definition) is 5. The van der Waals surface area contributed by atoms with Crippen LogP contribution >= 0.6 is 11.3 Å². The molecule has 0 spiro atoms. The Hall–Kier alpha value is -2.51. The van der Waals surface area contributed by atoms with E-state index in [1.807, 2.05) is 22.8 Å². The van der Waals surface area contributed by atoms with Crippen LogP contribution in [0.5, 0.6) is 0 Å². The van der Waals surface area contributed by atoms with Crippen molar-refractivity contribution in [2.75, 3.05) is 5.32 Å². The minimum atomic E-state index is -0.305. The van der Waals surface area contributed by atoms with E-state index in [0.717, 1.165) is 46.6 Å². The molecule has 1 aliphatic carbocycles. The van der Waals surface area contributed by atoms with Crippen LogP contribution < -0.4 is 5.32 Å². The van der Waals surface area contributed by atoms with Crippen molar-refractivity contribution >= 4 is 37.7 Å². The molecule has 2 aromatic carbocycles. The van der Waals surface area contributed by atoms with Crippen LogP contribution in [0.4, 0.5) is 9.52 Å². The summed E-state index contributed by atoms with van der Waals surface area (Å²) in [6.45, 7) is 0.551.